The summed E-state index contributed by atoms with van der Waals surface area (Å²) in [7, 11) is 0. The third-order valence-corrected chi connectivity index (χ3v) is 3.58. The van der Waals surface area contributed by atoms with E-state index in [1.807, 2.05) is 33.8 Å². The Labute approximate surface area is 157 Å². The van der Waals surface area contributed by atoms with E-state index in [1.54, 1.807) is 18.2 Å². The molecule has 0 saturated carbocycles. The Balaban J connectivity index is 0.00000146. The average Bonchev–Trinajstić information content (AvgIpc) is 2.67. The van der Waals surface area contributed by atoms with Gasteiger partial charge in [-0.15, -0.1) is 0 Å². The van der Waals surface area contributed by atoms with Crippen LogP contribution in [0.15, 0.2) is 24.3 Å². The second kappa shape index (κ2) is 14.3. The first-order chi connectivity index (χ1) is 12.5. The van der Waals surface area contributed by atoms with Crippen LogP contribution in [-0.2, 0) is 20.8 Å². The van der Waals surface area contributed by atoms with E-state index < -0.39 is 11.9 Å². The number of aliphatic hydroxyl groups is 1. The molecule has 0 spiro atoms. The van der Waals surface area contributed by atoms with Crippen LogP contribution in [0.3, 0.4) is 0 Å². The zero-order chi connectivity index (χ0) is 19.9. The molecule has 0 atom stereocenters. The molecule has 1 fully saturated rings. The van der Waals surface area contributed by atoms with Crippen molar-refractivity contribution in [2.75, 3.05) is 19.9 Å². The lowest BCUT2D eigenvalue weighted by molar-refractivity contribution is -0.149. The van der Waals surface area contributed by atoms with Crippen molar-refractivity contribution in [1.82, 2.24) is 4.90 Å². The molecular formula is C20H33NO5. The number of benzene rings is 1. The first-order valence-corrected chi connectivity index (χ1v) is 9.34. The summed E-state index contributed by atoms with van der Waals surface area (Å²) in [5.74, 6) is -1.01. The van der Waals surface area contributed by atoms with Gasteiger partial charge in [0.2, 0.25) is 6.79 Å². The third kappa shape index (κ3) is 9.53. The van der Waals surface area contributed by atoms with E-state index in [0.29, 0.717) is 5.56 Å². The van der Waals surface area contributed by atoms with Crippen LogP contribution in [0.1, 0.15) is 63.4 Å². The van der Waals surface area contributed by atoms with Crippen LogP contribution < -0.4 is 0 Å². The van der Waals surface area contributed by atoms with Gasteiger partial charge in [0.05, 0.1) is 11.7 Å². The monoisotopic (exact) mass is 367 g/mol. The second-order valence-corrected chi connectivity index (χ2v) is 5.39. The predicted molar refractivity (Wildman–Crippen MR) is 102 cm³/mol. The number of nitrogens with zero attached hydrogens (tertiary/aromatic N) is 1. The van der Waals surface area contributed by atoms with Crippen LogP contribution in [0.5, 0.6) is 0 Å². The Hall–Kier alpha value is -1.92. The summed E-state index contributed by atoms with van der Waals surface area (Å²) in [6, 6.07) is 7.20. The first-order valence-electron chi connectivity index (χ1n) is 9.34. The molecule has 26 heavy (non-hydrogen) atoms. The number of carbonyl (C=O) groups excluding carboxylic acids is 2. The van der Waals surface area contributed by atoms with Gasteiger partial charge in [0, 0.05) is 26.6 Å². The van der Waals surface area contributed by atoms with E-state index in [2.05, 4.69) is 9.64 Å². The Morgan fingerprint density at radius 2 is 1.73 bits per heavy atom. The van der Waals surface area contributed by atoms with Crippen LogP contribution >= 0.6 is 0 Å². The lowest BCUT2D eigenvalue weighted by Gasteiger charge is -2.29. The Morgan fingerprint density at radius 3 is 2.31 bits per heavy atom. The number of likely N-dealkylation sites (tertiary alicyclic amines) is 1. The first kappa shape index (κ1) is 24.1. The van der Waals surface area contributed by atoms with Crippen molar-refractivity contribution in [2.24, 2.45) is 0 Å². The Bertz CT molecular complexity index is 525. The van der Waals surface area contributed by atoms with Gasteiger partial charge in [-0.05, 0) is 30.5 Å². The second-order valence-electron chi connectivity index (χ2n) is 5.39. The Morgan fingerprint density at radius 1 is 1.12 bits per heavy atom. The number of carbonyl (C=O) groups is 2. The highest BCUT2D eigenvalue weighted by Crippen LogP contribution is 2.15. The summed E-state index contributed by atoms with van der Waals surface area (Å²) in [6.45, 7) is 11.3. The van der Waals surface area contributed by atoms with Crippen molar-refractivity contribution in [3.05, 3.63) is 35.4 Å². The van der Waals surface area contributed by atoms with Crippen LogP contribution in [0.4, 0.5) is 0 Å². The fourth-order valence-electron chi connectivity index (χ4n) is 2.38. The fourth-order valence-corrected chi connectivity index (χ4v) is 2.38. The molecule has 0 unspecified atom stereocenters. The molecule has 1 heterocycles. The molecule has 6 heteroatoms. The quantitative estimate of drug-likeness (QED) is 0.635. The van der Waals surface area contributed by atoms with Crippen LogP contribution in [-0.4, -0.2) is 47.9 Å². The highest BCUT2D eigenvalue weighted by Gasteiger charge is 2.17. The summed E-state index contributed by atoms with van der Waals surface area (Å²) in [5.41, 5.74) is 1.44. The predicted octanol–water partition coefficient (Wildman–Crippen LogP) is 3.37. The number of aliphatic hydroxyl groups excluding tert-OH is 1. The minimum Gasteiger partial charge on any atom is -0.428 e. The minimum atomic E-state index is -0.517. The maximum atomic E-state index is 11.9. The van der Waals surface area contributed by atoms with Crippen LogP contribution in [0.25, 0.3) is 0 Å². The SMILES string of the molecule is CC.CC.CC(=O)OCOC(=O)c1cccc(CN2CCC(O)CC2)c1. The van der Waals surface area contributed by atoms with Gasteiger partial charge < -0.3 is 14.6 Å². The summed E-state index contributed by atoms with van der Waals surface area (Å²) < 4.78 is 9.45. The van der Waals surface area contributed by atoms with Gasteiger partial charge in [0.15, 0.2) is 0 Å². The number of hydrogen-bond donors (Lipinski definition) is 1. The van der Waals surface area contributed by atoms with Gasteiger partial charge in [-0.25, -0.2) is 4.79 Å². The summed E-state index contributed by atoms with van der Waals surface area (Å²) >= 11 is 0. The number of ether oxygens (including phenoxy) is 2. The standard InChI is InChI=1S/C16H21NO5.2C2H6/c1-12(18)21-11-22-16(20)14-4-2-3-13(9-14)10-17-7-5-15(19)6-8-17;2*1-2/h2-4,9,15,19H,5-8,10-11H2,1H3;2*1-2H3. The third-order valence-electron chi connectivity index (χ3n) is 3.58. The topological polar surface area (TPSA) is 76.1 Å². The van der Waals surface area contributed by atoms with Crippen molar-refractivity contribution in [3.63, 3.8) is 0 Å². The highest BCUT2D eigenvalue weighted by atomic mass is 16.7. The fraction of sp³-hybridized carbons (Fsp3) is 0.600. The number of esters is 2. The minimum absolute atomic E-state index is 0.196. The molecule has 0 aromatic heterocycles. The average molecular weight is 367 g/mol. The normalized spacial score (nSPS) is 14.2. The molecular weight excluding hydrogens is 334 g/mol. The molecule has 0 radical (unpaired) electrons. The van der Waals surface area contributed by atoms with E-state index in [9.17, 15) is 14.7 Å². The van der Waals surface area contributed by atoms with E-state index in [1.165, 1.54) is 6.92 Å². The van der Waals surface area contributed by atoms with Crippen molar-refractivity contribution < 1.29 is 24.2 Å². The number of piperidine rings is 1. The lowest BCUT2D eigenvalue weighted by atomic mass is 10.1. The lowest BCUT2D eigenvalue weighted by Crippen LogP contribution is -2.35. The van der Waals surface area contributed by atoms with Gasteiger partial charge in [0.1, 0.15) is 0 Å². The van der Waals surface area contributed by atoms with Gasteiger partial charge in [0.25, 0.3) is 0 Å². The van der Waals surface area contributed by atoms with E-state index in [-0.39, 0.29) is 12.9 Å². The number of hydrogen-bond acceptors (Lipinski definition) is 6. The van der Waals surface area contributed by atoms with E-state index in [4.69, 9.17) is 4.74 Å². The van der Waals surface area contributed by atoms with Gasteiger partial charge in [-0.3, -0.25) is 9.69 Å². The van der Waals surface area contributed by atoms with Crippen LogP contribution in [0, 0.1) is 0 Å². The van der Waals surface area contributed by atoms with Gasteiger partial charge in [-0.2, -0.15) is 0 Å². The smallest absolute Gasteiger partial charge is 0.341 e. The molecule has 1 aromatic carbocycles. The van der Waals surface area contributed by atoms with Crippen molar-refractivity contribution in [2.45, 2.75) is 60.1 Å². The van der Waals surface area contributed by atoms with E-state index in [0.717, 1.165) is 38.0 Å². The summed E-state index contributed by atoms with van der Waals surface area (Å²) in [4.78, 5) is 24.7. The van der Waals surface area contributed by atoms with Crippen molar-refractivity contribution in [3.8, 4) is 0 Å². The summed E-state index contributed by atoms with van der Waals surface area (Å²) in [6.07, 6.45) is 1.37. The zero-order valence-corrected chi connectivity index (χ0v) is 16.7. The molecule has 0 amide bonds. The zero-order valence-electron chi connectivity index (χ0n) is 16.7. The molecule has 1 aromatic rings. The molecule has 1 aliphatic heterocycles. The van der Waals surface area contributed by atoms with Crippen LogP contribution in [0.2, 0.25) is 0 Å². The van der Waals surface area contributed by atoms with Crippen molar-refractivity contribution in [1.29, 1.82) is 0 Å². The molecule has 1 saturated heterocycles. The highest BCUT2D eigenvalue weighted by molar-refractivity contribution is 5.89. The maximum Gasteiger partial charge on any atom is 0.341 e. The molecule has 148 valence electrons. The molecule has 6 nitrogen and oxygen atoms in total. The van der Waals surface area contributed by atoms with Crippen molar-refractivity contribution >= 4 is 11.9 Å². The van der Waals surface area contributed by atoms with Gasteiger partial charge >= 0.3 is 11.9 Å². The summed E-state index contributed by atoms with van der Waals surface area (Å²) in [5, 5.41) is 9.51. The molecule has 2 rings (SSSR count). The molecule has 0 bridgehead atoms. The van der Waals surface area contributed by atoms with Gasteiger partial charge in [-0.1, -0.05) is 39.8 Å². The molecule has 1 N–H and O–H groups in total. The molecule has 1 aliphatic rings. The Kier molecular flexibility index (Phi) is 13.2. The van der Waals surface area contributed by atoms with E-state index >= 15 is 0 Å². The largest absolute Gasteiger partial charge is 0.428 e. The maximum absolute atomic E-state index is 11.9. The number of rotatable bonds is 5. The molecule has 0 aliphatic carbocycles.